The molecule has 0 unspecified atom stereocenters. The summed E-state index contributed by atoms with van der Waals surface area (Å²) < 4.78 is 1.50. The highest BCUT2D eigenvalue weighted by Gasteiger charge is 2.25. The van der Waals surface area contributed by atoms with Crippen molar-refractivity contribution in [3.05, 3.63) is 34.5 Å². The molecule has 0 saturated heterocycles. The topological polar surface area (TPSA) is 72.5 Å². The van der Waals surface area contributed by atoms with E-state index in [1.54, 1.807) is 18.3 Å². The van der Waals surface area contributed by atoms with E-state index < -0.39 is 4.92 Å². The standard InChI is InChI=1S/C11H12N4O2/c16-15(17)11-10(12-7-8-4-5-8)13-9-3-1-2-6-14(9)11/h1-3,6,8,12H,4-5,7H2. The zero-order valence-electron chi connectivity index (χ0n) is 9.17. The number of imidazole rings is 1. The lowest BCUT2D eigenvalue weighted by molar-refractivity contribution is -0.389. The molecule has 1 aliphatic rings. The fraction of sp³-hybridized carbons (Fsp3) is 0.364. The molecule has 6 heteroatoms. The molecule has 0 aliphatic heterocycles. The van der Waals surface area contributed by atoms with E-state index in [-0.39, 0.29) is 5.82 Å². The number of rotatable bonds is 4. The van der Waals surface area contributed by atoms with Crippen molar-refractivity contribution >= 4 is 17.3 Å². The molecule has 0 spiro atoms. The lowest BCUT2D eigenvalue weighted by Gasteiger charge is -2.00. The molecule has 88 valence electrons. The van der Waals surface area contributed by atoms with Crippen molar-refractivity contribution < 1.29 is 4.92 Å². The normalized spacial score (nSPS) is 15.1. The summed E-state index contributed by atoms with van der Waals surface area (Å²) in [7, 11) is 0. The van der Waals surface area contributed by atoms with Crippen LogP contribution in [0.15, 0.2) is 24.4 Å². The second kappa shape index (κ2) is 3.73. The van der Waals surface area contributed by atoms with Gasteiger partial charge in [-0.05, 0) is 29.7 Å². The monoisotopic (exact) mass is 232 g/mol. The number of pyridine rings is 1. The molecule has 1 saturated carbocycles. The number of fused-ring (bicyclic) bond motifs is 1. The number of nitrogens with zero attached hydrogens (tertiary/aromatic N) is 3. The molecule has 2 heterocycles. The summed E-state index contributed by atoms with van der Waals surface area (Å²) in [5, 5.41) is 14.1. The van der Waals surface area contributed by atoms with Crippen LogP contribution < -0.4 is 5.32 Å². The van der Waals surface area contributed by atoms with Gasteiger partial charge in [0.25, 0.3) is 0 Å². The fourth-order valence-electron chi connectivity index (χ4n) is 1.84. The van der Waals surface area contributed by atoms with E-state index in [0.717, 1.165) is 6.54 Å². The summed E-state index contributed by atoms with van der Waals surface area (Å²) in [6.07, 6.45) is 4.06. The van der Waals surface area contributed by atoms with E-state index in [4.69, 9.17) is 0 Å². The van der Waals surface area contributed by atoms with Crippen LogP contribution in [0.4, 0.5) is 11.6 Å². The van der Waals surface area contributed by atoms with E-state index in [1.807, 2.05) is 6.07 Å². The maximum absolute atomic E-state index is 11.1. The first kappa shape index (κ1) is 10.1. The van der Waals surface area contributed by atoms with Gasteiger partial charge in [0.1, 0.15) is 0 Å². The highest BCUT2D eigenvalue weighted by atomic mass is 16.6. The molecule has 0 aromatic carbocycles. The Bertz CT molecular complexity index is 574. The SMILES string of the molecule is O=[N+]([O-])c1c(NCC2CC2)nc2ccccn12. The second-order valence-electron chi connectivity index (χ2n) is 4.29. The second-order valence-corrected chi connectivity index (χ2v) is 4.29. The molecule has 1 aliphatic carbocycles. The van der Waals surface area contributed by atoms with Gasteiger partial charge in [0.15, 0.2) is 0 Å². The number of nitro groups is 1. The molecule has 0 radical (unpaired) electrons. The third-order valence-electron chi connectivity index (χ3n) is 2.93. The number of anilines is 1. The minimum Gasteiger partial charge on any atom is -0.363 e. The van der Waals surface area contributed by atoms with Gasteiger partial charge in [-0.2, -0.15) is 9.38 Å². The molecule has 0 amide bonds. The van der Waals surface area contributed by atoms with Crippen LogP contribution in [0.3, 0.4) is 0 Å². The average molecular weight is 232 g/mol. The number of nitrogens with one attached hydrogen (secondary N) is 1. The largest absolute Gasteiger partial charge is 0.372 e. The Kier molecular flexibility index (Phi) is 2.21. The van der Waals surface area contributed by atoms with Gasteiger partial charge in [-0.15, -0.1) is 0 Å². The lowest BCUT2D eigenvalue weighted by Crippen LogP contribution is -2.06. The summed E-state index contributed by atoms with van der Waals surface area (Å²) in [6.45, 7) is 0.769. The molecule has 2 aromatic rings. The average Bonchev–Trinajstić information content (AvgIpc) is 3.05. The highest BCUT2D eigenvalue weighted by molar-refractivity contribution is 5.62. The van der Waals surface area contributed by atoms with Crippen LogP contribution in [0.2, 0.25) is 0 Å². The van der Waals surface area contributed by atoms with Crippen LogP contribution in [0.5, 0.6) is 0 Å². The molecule has 1 N–H and O–H groups in total. The van der Waals surface area contributed by atoms with Crippen molar-refractivity contribution in [2.45, 2.75) is 12.8 Å². The van der Waals surface area contributed by atoms with E-state index in [0.29, 0.717) is 17.4 Å². The Balaban J connectivity index is 2.01. The minimum atomic E-state index is -0.394. The van der Waals surface area contributed by atoms with Crippen molar-refractivity contribution in [2.24, 2.45) is 5.92 Å². The molecule has 2 aromatic heterocycles. The van der Waals surface area contributed by atoms with Crippen LogP contribution in [0, 0.1) is 16.0 Å². The molecular formula is C11H12N4O2. The Morgan fingerprint density at radius 3 is 3.06 bits per heavy atom. The first-order valence-corrected chi connectivity index (χ1v) is 5.61. The van der Waals surface area contributed by atoms with Crippen molar-refractivity contribution in [3.8, 4) is 0 Å². The first-order chi connectivity index (χ1) is 8.25. The molecule has 17 heavy (non-hydrogen) atoms. The lowest BCUT2D eigenvalue weighted by atomic mass is 10.4. The van der Waals surface area contributed by atoms with Gasteiger partial charge in [-0.1, -0.05) is 6.07 Å². The molecule has 0 bridgehead atoms. The summed E-state index contributed by atoms with van der Waals surface area (Å²) in [5.74, 6) is 1.04. The number of hydrogen-bond donors (Lipinski definition) is 1. The third kappa shape index (κ3) is 1.82. The molecule has 3 rings (SSSR count). The van der Waals surface area contributed by atoms with Crippen molar-refractivity contribution in [3.63, 3.8) is 0 Å². The van der Waals surface area contributed by atoms with Crippen LogP contribution in [-0.2, 0) is 0 Å². The maximum Gasteiger partial charge on any atom is 0.372 e. The fourth-order valence-corrected chi connectivity index (χ4v) is 1.84. The predicted molar refractivity (Wildman–Crippen MR) is 63.1 cm³/mol. The van der Waals surface area contributed by atoms with Gasteiger partial charge in [-0.3, -0.25) is 0 Å². The Hall–Kier alpha value is -2.11. The van der Waals surface area contributed by atoms with Gasteiger partial charge in [-0.25, -0.2) is 0 Å². The van der Waals surface area contributed by atoms with Crippen molar-refractivity contribution in [2.75, 3.05) is 11.9 Å². The summed E-state index contributed by atoms with van der Waals surface area (Å²) >= 11 is 0. The summed E-state index contributed by atoms with van der Waals surface area (Å²) in [6, 6.07) is 5.33. The van der Waals surface area contributed by atoms with Gasteiger partial charge < -0.3 is 15.4 Å². The van der Waals surface area contributed by atoms with Gasteiger partial charge in [0, 0.05) is 12.6 Å². The predicted octanol–water partition coefficient (Wildman–Crippen LogP) is 2.06. The van der Waals surface area contributed by atoms with Gasteiger partial charge in [0.05, 0.1) is 6.20 Å². The Labute approximate surface area is 97.4 Å². The van der Waals surface area contributed by atoms with Crippen LogP contribution in [-0.4, -0.2) is 20.9 Å². The van der Waals surface area contributed by atoms with Crippen LogP contribution in [0.25, 0.3) is 5.65 Å². The van der Waals surface area contributed by atoms with Crippen LogP contribution in [0.1, 0.15) is 12.8 Å². The first-order valence-electron chi connectivity index (χ1n) is 5.61. The van der Waals surface area contributed by atoms with Crippen molar-refractivity contribution in [1.29, 1.82) is 0 Å². The Morgan fingerprint density at radius 2 is 2.35 bits per heavy atom. The van der Waals surface area contributed by atoms with E-state index in [9.17, 15) is 10.1 Å². The Morgan fingerprint density at radius 1 is 1.53 bits per heavy atom. The van der Waals surface area contributed by atoms with Gasteiger partial charge in [0.2, 0.25) is 11.5 Å². The maximum atomic E-state index is 11.1. The zero-order chi connectivity index (χ0) is 11.8. The summed E-state index contributed by atoms with van der Waals surface area (Å²) in [5.41, 5.74) is 0.595. The zero-order valence-corrected chi connectivity index (χ0v) is 9.17. The molecular weight excluding hydrogens is 220 g/mol. The van der Waals surface area contributed by atoms with Gasteiger partial charge >= 0.3 is 5.82 Å². The van der Waals surface area contributed by atoms with E-state index in [2.05, 4.69) is 10.3 Å². The smallest absolute Gasteiger partial charge is 0.363 e. The van der Waals surface area contributed by atoms with E-state index in [1.165, 1.54) is 17.2 Å². The number of hydrogen-bond acceptors (Lipinski definition) is 4. The quantitative estimate of drug-likeness (QED) is 0.647. The third-order valence-corrected chi connectivity index (χ3v) is 2.93. The van der Waals surface area contributed by atoms with Crippen molar-refractivity contribution in [1.82, 2.24) is 9.38 Å². The molecule has 6 nitrogen and oxygen atoms in total. The molecule has 1 fully saturated rings. The van der Waals surface area contributed by atoms with Crippen LogP contribution >= 0.6 is 0 Å². The molecule has 0 atom stereocenters. The highest BCUT2D eigenvalue weighted by Crippen LogP contribution is 2.31. The minimum absolute atomic E-state index is 0.0150. The summed E-state index contributed by atoms with van der Waals surface area (Å²) in [4.78, 5) is 14.9. The van der Waals surface area contributed by atoms with E-state index >= 15 is 0 Å². The number of aromatic nitrogens is 2.